The lowest BCUT2D eigenvalue weighted by molar-refractivity contribution is 0.414. The molecule has 1 unspecified atom stereocenters. The lowest BCUT2D eigenvalue weighted by Crippen LogP contribution is -2.33. The second kappa shape index (κ2) is 22.4. The smallest absolute Gasteiger partial charge is 0.159 e. The molecule has 9 aromatic rings. The zero-order valence-corrected chi connectivity index (χ0v) is 42.5. The summed E-state index contributed by atoms with van der Waals surface area (Å²) in [5, 5.41) is 3.70. The molecule has 0 bridgehead atoms. The number of benzene rings is 9. The minimum Gasteiger partial charge on any atom is -0.497 e. The summed E-state index contributed by atoms with van der Waals surface area (Å²) in [4.78, 5) is 17.2. The van der Waals surface area contributed by atoms with Crippen molar-refractivity contribution in [2.75, 3.05) is 57.4 Å². The Kier molecular flexibility index (Phi) is 14.6. The summed E-state index contributed by atoms with van der Waals surface area (Å²) in [6.07, 6.45) is -0.485. The first-order valence-corrected chi connectivity index (χ1v) is 24.3. The number of amidine groups is 2. The first-order valence-electron chi connectivity index (χ1n) is 24.3. The van der Waals surface area contributed by atoms with Crippen molar-refractivity contribution in [1.29, 1.82) is 0 Å². The van der Waals surface area contributed by atoms with E-state index < -0.39 is 6.17 Å². The summed E-state index contributed by atoms with van der Waals surface area (Å²) in [6, 6.07) is 73.4. The normalized spacial score (nSPS) is 12.8. The molecule has 0 aromatic heterocycles. The van der Waals surface area contributed by atoms with Crippen LogP contribution in [-0.4, -0.2) is 54.3 Å². The highest BCUT2D eigenvalue weighted by molar-refractivity contribution is 6.13. The molecular weight excluding hydrogens is 937 g/mol. The van der Waals surface area contributed by atoms with Crippen LogP contribution in [0.25, 0.3) is 0 Å². The topological polar surface area (TPSA) is 102 Å². The molecule has 1 N–H and O–H groups in total. The van der Waals surface area contributed by atoms with Gasteiger partial charge in [-0.1, -0.05) is 12.1 Å². The van der Waals surface area contributed by atoms with Crippen LogP contribution in [0.3, 0.4) is 0 Å². The van der Waals surface area contributed by atoms with Crippen LogP contribution in [0.2, 0.25) is 0 Å². The van der Waals surface area contributed by atoms with Crippen LogP contribution in [0.15, 0.2) is 228 Å². The molecule has 0 aliphatic carbocycles. The van der Waals surface area contributed by atoms with Crippen molar-refractivity contribution < 1.29 is 28.4 Å². The van der Waals surface area contributed by atoms with Gasteiger partial charge in [-0.3, -0.25) is 0 Å². The summed E-state index contributed by atoms with van der Waals surface area (Å²) in [5.41, 5.74) is 11.4. The molecule has 1 atom stereocenters. The average Bonchev–Trinajstić information content (AvgIpc) is 3.49. The summed E-state index contributed by atoms with van der Waals surface area (Å²) >= 11 is 0. The Balaban J connectivity index is 1.03. The third-order valence-electron chi connectivity index (χ3n) is 13.0. The van der Waals surface area contributed by atoms with Gasteiger partial charge in [-0.2, -0.15) is 0 Å². The van der Waals surface area contributed by atoms with Gasteiger partial charge in [0.05, 0.1) is 42.7 Å². The van der Waals surface area contributed by atoms with E-state index in [4.69, 9.17) is 38.4 Å². The lowest BCUT2D eigenvalue weighted by Gasteiger charge is -2.28. The fourth-order valence-electron chi connectivity index (χ4n) is 8.96. The predicted octanol–water partition coefficient (Wildman–Crippen LogP) is 14.6. The van der Waals surface area contributed by atoms with Gasteiger partial charge in [0.1, 0.15) is 46.5 Å². The van der Waals surface area contributed by atoms with Gasteiger partial charge in [0.15, 0.2) is 5.84 Å². The Morgan fingerprint density at radius 2 is 0.520 bits per heavy atom. The van der Waals surface area contributed by atoms with E-state index in [1.165, 1.54) is 0 Å². The minimum absolute atomic E-state index is 0.485. The largest absolute Gasteiger partial charge is 0.497 e. The maximum absolute atomic E-state index is 5.51. The second-order valence-corrected chi connectivity index (χ2v) is 17.3. The van der Waals surface area contributed by atoms with Gasteiger partial charge in [0, 0.05) is 62.3 Å². The number of nitrogens with zero attached hydrogens (tertiary/aromatic N) is 5. The highest BCUT2D eigenvalue weighted by Crippen LogP contribution is 2.40. The summed E-state index contributed by atoms with van der Waals surface area (Å²) in [5.74, 6) is 5.94. The lowest BCUT2D eigenvalue weighted by atomic mass is 10.1. The van der Waals surface area contributed by atoms with Crippen LogP contribution in [-0.2, 0) is 0 Å². The predicted molar refractivity (Wildman–Crippen MR) is 302 cm³/mol. The molecule has 9 aromatic carbocycles. The van der Waals surface area contributed by atoms with Gasteiger partial charge in [-0.25, -0.2) is 9.98 Å². The Hall–Kier alpha value is -9.68. The number of hydrogen-bond donors (Lipinski definition) is 1. The number of rotatable bonds is 18. The SMILES string of the molecule is COc1ccc(N(c2ccc(OC)cc2)c2ccc(C3=NC(c4ccc(N(c5ccc(OC)cc5)c5ccc(OC)cc5)cc4)NC(c4ccc(N(c5ccc(OC)cc5)c5ccc(OC)cc5)cc4)=N3)cc2)cc1. The average molecular weight is 993 g/mol. The van der Waals surface area contributed by atoms with Crippen molar-refractivity contribution >= 4 is 62.9 Å². The molecule has 1 aliphatic rings. The van der Waals surface area contributed by atoms with Crippen molar-refractivity contribution in [2.45, 2.75) is 6.17 Å². The van der Waals surface area contributed by atoms with Gasteiger partial charge in [-0.05, 0) is 212 Å². The molecule has 0 radical (unpaired) electrons. The van der Waals surface area contributed by atoms with Gasteiger partial charge in [-0.15, -0.1) is 0 Å². The maximum Gasteiger partial charge on any atom is 0.159 e. The number of aliphatic imine (C=N–C) groups is 2. The monoisotopic (exact) mass is 992 g/mol. The van der Waals surface area contributed by atoms with E-state index in [2.05, 4.69) is 117 Å². The van der Waals surface area contributed by atoms with Gasteiger partial charge in [0.2, 0.25) is 0 Å². The van der Waals surface area contributed by atoms with Crippen LogP contribution in [0.1, 0.15) is 22.9 Å². The maximum atomic E-state index is 5.51. The number of nitrogens with one attached hydrogen (secondary N) is 1. The van der Waals surface area contributed by atoms with Crippen LogP contribution in [0, 0.1) is 0 Å². The fourth-order valence-corrected chi connectivity index (χ4v) is 8.96. The van der Waals surface area contributed by atoms with Crippen molar-refractivity contribution in [2.24, 2.45) is 9.98 Å². The first-order chi connectivity index (χ1) is 36.8. The van der Waals surface area contributed by atoms with E-state index in [-0.39, 0.29) is 0 Å². The molecule has 0 spiro atoms. The molecule has 0 saturated carbocycles. The van der Waals surface area contributed by atoms with Gasteiger partial charge >= 0.3 is 0 Å². The van der Waals surface area contributed by atoms with Crippen LogP contribution in [0.4, 0.5) is 51.2 Å². The van der Waals surface area contributed by atoms with Crippen LogP contribution < -0.4 is 48.4 Å². The fraction of sp³-hybridized carbons (Fsp3) is 0.111. The number of anilines is 9. The summed E-state index contributed by atoms with van der Waals surface area (Å²) < 4.78 is 33.0. The molecule has 0 amide bonds. The summed E-state index contributed by atoms with van der Waals surface area (Å²) in [6.45, 7) is 0. The zero-order valence-electron chi connectivity index (χ0n) is 42.5. The van der Waals surface area contributed by atoms with E-state index in [1.807, 2.05) is 121 Å². The Morgan fingerprint density at radius 3 is 0.773 bits per heavy atom. The molecule has 12 nitrogen and oxygen atoms in total. The molecule has 1 heterocycles. The zero-order chi connectivity index (χ0) is 51.7. The Labute approximate surface area is 437 Å². The molecule has 1 aliphatic heterocycles. The van der Waals surface area contributed by atoms with E-state index in [1.54, 1.807) is 42.7 Å². The minimum atomic E-state index is -0.485. The quantitative estimate of drug-likeness (QED) is 0.0894. The van der Waals surface area contributed by atoms with E-state index >= 15 is 0 Å². The van der Waals surface area contributed by atoms with Crippen molar-refractivity contribution in [3.8, 4) is 34.5 Å². The molecule has 75 heavy (non-hydrogen) atoms. The number of hydrogen-bond acceptors (Lipinski definition) is 12. The van der Waals surface area contributed by atoms with Gasteiger partial charge in [0.25, 0.3) is 0 Å². The molecular formula is C63H56N6O6. The van der Waals surface area contributed by atoms with Crippen molar-refractivity contribution in [1.82, 2.24) is 5.32 Å². The van der Waals surface area contributed by atoms with Gasteiger partial charge < -0.3 is 48.4 Å². The van der Waals surface area contributed by atoms with Crippen LogP contribution in [0.5, 0.6) is 34.5 Å². The first kappa shape index (κ1) is 48.9. The number of methoxy groups -OCH3 is 6. The third kappa shape index (κ3) is 10.8. The van der Waals surface area contributed by atoms with Crippen molar-refractivity contribution in [3.63, 3.8) is 0 Å². The van der Waals surface area contributed by atoms with E-state index in [9.17, 15) is 0 Å². The summed E-state index contributed by atoms with van der Waals surface area (Å²) in [7, 11) is 10.0. The standard InChI is InChI=1S/C63H56N6O6/c1-70-55-31-19-49(20-32-55)67(50-21-33-56(71-2)34-22-50)46-13-7-43(8-14-46)61-64-62(44-9-15-47(16-10-44)68(51-23-35-57(72-3)36-24-51)52-25-37-58(73-4)38-26-52)66-63(65-61)45-11-17-48(18-12-45)69(53-27-39-59(74-5)40-28-53)54-29-41-60(75-6)42-30-54/h7-42,61H,1-6H3,(H,64,65,66). The molecule has 374 valence electrons. The molecule has 10 rings (SSSR count). The van der Waals surface area contributed by atoms with E-state index in [0.29, 0.717) is 11.7 Å². The van der Waals surface area contributed by atoms with E-state index in [0.717, 1.165) is 102 Å². The molecule has 0 fully saturated rings. The second-order valence-electron chi connectivity index (χ2n) is 17.3. The number of ether oxygens (including phenoxy) is 6. The third-order valence-corrected chi connectivity index (χ3v) is 13.0. The van der Waals surface area contributed by atoms with Crippen molar-refractivity contribution in [3.05, 3.63) is 235 Å². The highest BCUT2D eigenvalue weighted by atomic mass is 16.5. The molecule has 12 heteroatoms. The van der Waals surface area contributed by atoms with Crippen LogP contribution >= 0.6 is 0 Å². The highest BCUT2D eigenvalue weighted by Gasteiger charge is 2.24. The molecule has 0 saturated heterocycles. The Bertz CT molecular complexity index is 3230. The Morgan fingerprint density at radius 1 is 0.293 bits per heavy atom.